The number of carbonyl (C=O) groups excluding carboxylic acids is 1. The number of anilines is 1. The number of sulfonamides is 1. The van der Waals surface area contributed by atoms with Crippen LogP contribution in [-0.4, -0.2) is 26.9 Å². The van der Waals surface area contributed by atoms with E-state index in [9.17, 15) is 13.2 Å². The minimum Gasteiger partial charge on any atom is -0.312 e. The number of benzene rings is 1. The molecule has 2 fully saturated rings. The second-order valence-corrected chi connectivity index (χ2v) is 10.2. The first-order chi connectivity index (χ1) is 13.0. The normalized spacial score (nSPS) is 29.6. The van der Waals surface area contributed by atoms with Crippen LogP contribution in [0.15, 0.2) is 35.2 Å². The van der Waals surface area contributed by atoms with Crippen molar-refractivity contribution in [2.24, 2.45) is 17.8 Å². The monoisotopic (exact) mass is 386 g/mol. The average molecular weight is 387 g/mol. The molecule has 1 aliphatic heterocycles. The lowest BCUT2D eigenvalue weighted by Crippen LogP contribution is -2.36. The van der Waals surface area contributed by atoms with Crippen LogP contribution in [0.2, 0.25) is 0 Å². The second-order valence-electron chi connectivity index (χ2n) is 8.52. The summed E-state index contributed by atoms with van der Waals surface area (Å²) in [6.45, 7) is 0.658. The lowest BCUT2D eigenvalue weighted by Gasteiger charge is -2.25. The van der Waals surface area contributed by atoms with Crippen LogP contribution in [0.4, 0.5) is 5.69 Å². The Morgan fingerprint density at radius 1 is 1.11 bits per heavy atom. The van der Waals surface area contributed by atoms with Crippen molar-refractivity contribution in [2.75, 3.05) is 11.4 Å². The Bertz CT molecular complexity index is 902. The SMILES string of the molecule is O=C([C@@H]1C[C@@H]2C=C[C@H]1C2)N1CCc2cc(S(=O)(=O)NC3CCCC3)ccc21. The van der Waals surface area contributed by atoms with E-state index in [-0.39, 0.29) is 17.9 Å². The van der Waals surface area contributed by atoms with E-state index in [1.54, 1.807) is 12.1 Å². The molecule has 0 unspecified atom stereocenters. The molecule has 3 atom stereocenters. The van der Waals surface area contributed by atoms with Gasteiger partial charge >= 0.3 is 0 Å². The van der Waals surface area contributed by atoms with Crippen molar-refractivity contribution < 1.29 is 13.2 Å². The van der Waals surface area contributed by atoms with Gasteiger partial charge in [0.1, 0.15) is 0 Å². The van der Waals surface area contributed by atoms with Gasteiger partial charge in [-0.05, 0) is 67.7 Å². The van der Waals surface area contributed by atoms with Crippen LogP contribution < -0.4 is 9.62 Å². The maximum absolute atomic E-state index is 13.1. The molecule has 5 rings (SSSR count). The van der Waals surface area contributed by atoms with Gasteiger partial charge in [0.25, 0.3) is 0 Å². The summed E-state index contributed by atoms with van der Waals surface area (Å²) >= 11 is 0. The third-order valence-corrected chi connectivity index (χ3v) is 8.31. The summed E-state index contributed by atoms with van der Waals surface area (Å²) in [6.07, 6.45) is 11.3. The summed E-state index contributed by atoms with van der Waals surface area (Å²) in [6, 6.07) is 5.31. The van der Waals surface area contributed by atoms with Crippen molar-refractivity contribution in [2.45, 2.75) is 55.9 Å². The quantitative estimate of drug-likeness (QED) is 0.809. The molecule has 3 aliphatic carbocycles. The summed E-state index contributed by atoms with van der Waals surface area (Å²) in [4.78, 5) is 15.3. The lowest BCUT2D eigenvalue weighted by atomic mass is 9.92. The maximum atomic E-state index is 13.1. The second kappa shape index (κ2) is 6.45. The molecule has 1 heterocycles. The highest BCUT2D eigenvalue weighted by molar-refractivity contribution is 7.89. The van der Waals surface area contributed by atoms with Crippen molar-refractivity contribution in [3.8, 4) is 0 Å². The molecule has 27 heavy (non-hydrogen) atoms. The number of fused-ring (bicyclic) bond motifs is 3. The molecule has 5 nitrogen and oxygen atoms in total. The Balaban J connectivity index is 1.36. The van der Waals surface area contributed by atoms with Gasteiger partial charge in [-0.2, -0.15) is 0 Å². The Morgan fingerprint density at radius 3 is 2.63 bits per heavy atom. The summed E-state index contributed by atoms with van der Waals surface area (Å²) in [5, 5.41) is 0. The van der Waals surface area contributed by atoms with Gasteiger partial charge in [0.05, 0.1) is 4.90 Å². The van der Waals surface area contributed by atoms with E-state index in [0.29, 0.717) is 23.3 Å². The minimum absolute atomic E-state index is 0.0622. The highest BCUT2D eigenvalue weighted by Gasteiger charge is 2.42. The fourth-order valence-corrected chi connectivity index (χ4v) is 6.73. The van der Waals surface area contributed by atoms with Gasteiger partial charge in [0.15, 0.2) is 0 Å². The van der Waals surface area contributed by atoms with E-state index >= 15 is 0 Å². The highest BCUT2D eigenvalue weighted by Crippen LogP contribution is 2.45. The number of nitrogens with one attached hydrogen (secondary N) is 1. The Morgan fingerprint density at radius 2 is 1.93 bits per heavy atom. The van der Waals surface area contributed by atoms with Crippen LogP contribution in [0.25, 0.3) is 0 Å². The standard InChI is InChI=1S/C21H26N2O3S/c24-21(19-12-14-5-6-15(19)11-14)23-10-9-16-13-18(7-8-20(16)23)27(25,26)22-17-3-1-2-4-17/h5-8,13-15,17,19,22H,1-4,9-12H2/t14-,15+,19-/m1/s1. The molecule has 144 valence electrons. The molecule has 1 aromatic rings. The molecule has 0 spiro atoms. The third-order valence-electron chi connectivity index (χ3n) is 6.80. The fraction of sp³-hybridized carbons (Fsp3) is 0.571. The van der Waals surface area contributed by atoms with Crippen molar-refractivity contribution in [3.05, 3.63) is 35.9 Å². The predicted molar refractivity (Wildman–Crippen MR) is 104 cm³/mol. The molecular weight excluding hydrogens is 360 g/mol. The first kappa shape index (κ1) is 17.4. The van der Waals surface area contributed by atoms with Crippen molar-refractivity contribution in [1.82, 2.24) is 4.72 Å². The Labute approximate surface area is 160 Å². The number of carbonyl (C=O) groups is 1. The molecule has 0 aromatic heterocycles. The lowest BCUT2D eigenvalue weighted by molar-refractivity contribution is -0.123. The zero-order chi connectivity index (χ0) is 18.6. The average Bonchev–Trinajstić information content (AvgIpc) is 3.43. The number of amides is 1. The van der Waals surface area contributed by atoms with Crippen LogP contribution in [-0.2, 0) is 21.2 Å². The number of nitrogens with zero attached hydrogens (tertiary/aromatic N) is 1. The van der Waals surface area contributed by atoms with Gasteiger partial charge in [0.2, 0.25) is 15.9 Å². The molecule has 1 N–H and O–H groups in total. The fourth-order valence-electron chi connectivity index (χ4n) is 5.37. The molecule has 1 aromatic carbocycles. The van der Waals surface area contributed by atoms with Crippen molar-refractivity contribution in [3.63, 3.8) is 0 Å². The molecule has 0 radical (unpaired) electrons. The summed E-state index contributed by atoms with van der Waals surface area (Å²) in [5.74, 6) is 1.27. The van der Waals surface area contributed by atoms with E-state index in [2.05, 4.69) is 16.9 Å². The predicted octanol–water partition coefficient (Wildman–Crippen LogP) is 3.01. The summed E-state index contributed by atoms with van der Waals surface area (Å²) < 4.78 is 28.2. The molecule has 1 amide bonds. The highest BCUT2D eigenvalue weighted by atomic mass is 32.2. The first-order valence-electron chi connectivity index (χ1n) is 10.2. The van der Waals surface area contributed by atoms with Gasteiger partial charge < -0.3 is 4.90 Å². The summed E-state index contributed by atoms with van der Waals surface area (Å²) in [5.41, 5.74) is 1.86. The molecule has 6 heteroatoms. The van der Waals surface area contributed by atoms with E-state index in [4.69, 9.17) is 0 Å². The molecule has 4 aliphatic rings. The molecular formula is C21H26N2O3S. The zero-order valence-corrected chi connectivity index (χ0v) is 16.2. The van der Waals surface area contributed by atoms with Crippen LogP contribution in [0.1, 0.15) is 44.1 Å². The topological polar surface area (TPSA) is 66.5 Å². The number of hydrogen-bond donors (Lipinski definition) is 1. The van der Waals surface area contributed by atoms with Gasteiger partial charge in [-0.15, -0.1) is 0 Å². The van der Waals surface area contributed by atoms with Crippen LogP contribution in [0, 0.1) is 17.8 Å². The van der Waals surface area contributed by atoms with E-state index in [1.807, 2.05) is 11.0 Å². The van der Waals surface area contributed by atoms with Gasteiger partial charge in [-0.3, -0.25) is 4.79 Å². The number of allylic oxidation sites excluding steroid dienone is 2. The summed E-state index contributed by atoms with van der Waals surface area (Å²) in [7, 11) is -3.49. The minimum atomic E-state index is -3.49. The van der Waals surface area contributed by atoms with E-state index < -0.39 is 10.0 Å². The van der Waals surface area contributed by atoms with Gasteiger partial charge in [0, 0.05) is 24.2 Å². The van der Waals surface area contributed by atoms with Crippen molar-refractivity contribution in [1.29, 1.82) is 0 Å². The van der Waals surface area contributed by atoms with Crippen LogP contribution in [0.3, 0.4) is 0 Å². The largest absolute Gasteiger partial charge is 0.312 e. The van der Waals surface area contributed by atoms with Crippen molar-refractivity contribution >= 4 is 21.6 Å². The third kappa shape index (κ3) is 3.03. The van der Waals surface area contributed by atoms with Crippen LogP contribution in [0.5, 0.6) is 0 Å². The van der Waals surface area contributed by atoms with Gasteiger partial charge in [-0.25, -0.2) is 13.1 Å². The Kier molecular flexibility index (Phi) is 4.17. The van der Waals surface area contributed by atoms with E-state index in [0.717, 1.165) is 56.2 Å². The van der Waals surface area contributed by atoms with Gasteiger partial charge in [-0.1, -0.05) is 25.0 Å². The smallest absolute Gasteiger partial charge is 0.240 e. The molecule has 2 bridgehead atoms. The first-order valence-corrected chi connectivity index (χ1v) is 11.6. The zero-order valence-electron chi connectivity index (χ0n) is 15.4. The number of rotatable bonds is 4. The Hall–Kier alpha value is -1.66. The molecule has 2 saturated carbocycles. The number of hydrogen-bond acceptors (Lipinski definition) is 3. The molecule has 0 saturated heterocycles. The maximum Gasteiger partial charge on any atom is 0.240 e. The van der Waals surface area contributed by atoms with E-state index in [1.165, 1.54) is 0 Å². The van der Waals surface area contributed by atoms with Crippen LogP contribution >= 0.6 is 0 Å².